The smallest absolute Gasteiger partial charge is 0.251 e. The molecular weight excluding hydrogens is 296 g/mol. The van der Waals surface area contributed by atoms with Gasteiger partial charge in [-0.2, -0.15) is 5.10 Å². The summed E-state index contributed by atoms with van der Waals surface area (Å²) in [5, 5.41) is 10.4. The van der Waals surface area contributed by atoms with E-state index in [1.807, 2.05) is 4.68 Å². The molecule has 3 heterocycles. The molecule has 1 saturated carbocycles. The number of carbonyl (C=O) groups excluding carboxylic acids is 1. The zero-order valence-electron chi connectivity index (χ0n) is 12.6. The highest BCUT2D eigenvalue weighted by atomic mass is 16.2. The third-order valence-electron chi connectivity index (χ3n) is 4.65. The van der Waals surface area contributed by atoms with E-state index in [0.29, 0.717) is 18.7 Å². The lowest BCUT2D eigenvalue weighted by atomic mass is 10.0. The molecule has 0 unspecified atom stereocenters. The SMILES string of the molecule is O=C(NCC1(n2cncn2)CC1)c1cc(=O)[nH]c2c1CNCC2. The highest BCUT2D eigenvalue weighted by Gasteiger charge is 2.45. The van der Waals surface area contributed by atoms with Gasteiger partial charge in [0.2, 0.25) is 5.56 Å². The molecule has 8 nitrogen and oxygen atoms in total. The molecule has 2 aliphatic rings. The van der Waals surface area contributed by atoms with Gasteiger partial charge in [-0.1, -0.05) is 0 Å². The average Bonchev–Trinajstić information content (AvgIpc) is 3.14. The number of pyridine rings is 1. The molecule has 3 N–H and O–H groups in total. The van der Waals surface area contributed by atoms with Crippen molar-refractivity contribution < 1.29 is 4.79 Å². The van der Waals surface area contributed by atoms with E-state index in [-0.39, 0.29) is 17.0 Å². The van der Waals surface area contributed by atoms with E-state index < -0.39 is 0 Å². The summed E-state index contributed by atoms with van der Waals surface area (Å²) in [5.74, 6) is -0.206. The molecule has 1 amide bonds. The second kappa shape index (κ2) is 5.31. The number of nitrogens with one attached hydrogen (secondary N) is 3. The molecule has 4 rings (SSSR count). The van der Waals surface area contributed by atoms with Crippen molar-refractivity contribution in [2.24, 2.45) is 0 Å². The molecule has 1 fully saturated rings. The second-order valence-electron chi connectivity index (χ2n) is 6.18. The molecule has 0 spiro atoms. The van der Waals surface area contributed by atoms with Crippen LogP contribution in [0.5, 0.6) is 0 Å². The topological polar surface area (TPSA) is 105 Å². The fourth-order valence-electron chi connectivity index (χ4n) is 3.11. The van der Waals surface area contributed by atoms with Gasteiger partial charge < -0.3 is 15.6 Å². The van der Waals surface area contributed by atoms with Gasteiger partial charge in [-0.3, -0.25) is 9.59 Å². The second-order valence-corrected chi connectivity index (χ2v) is 6.18. The van der Waals surface area contributed by atoms with Gasteiger partial charge in [0, 0.05) is 37.8 Å². The number of carbonyl (C=O) groups is 1. The number of amides is 1. The van der Waals surface area contributed by atoms with Crippen molar-refractivity contribution in [2.75, 3.05) is 13.1 Å². The van der Waals surface area contributed by atoms with Gasteiger partial charge >= 0.3 is 0 Å². The summed E-state index contributed by atoms with van der Waals surface area (Å²) in [5.41, 5.74) is 1.82. The Morgan fingerprint density at radius 2 is 2.30 bits per heavy atom. The minimum Gasteiger partial charge on any atom is -0.350 e. The van der Waals surface area contributed by atoms with E-state index in [2.05, 4.69) is 25.7 Å². The van der Waals surface area contributed by atoms with Gasteiger partial charge in [0.25, 0.3) is 5.91 Å². The first-order chi connectivity index (χ1) is 11.2. The number of nitrogens with zero attached hydrogens (tertiary/aromatic N) is 3. The third kappa shape index (κ3) is 2.55. The Hall–Kier alpha value is -2.48. The summed E-state index contributed by atoms with van der Waals surface area (Å²) in [7, 11) is 0. The maximum Gasteiger partial charge on any atom is 0.251 e. The summed E-state index contributed by atoms with van der Waals surface area (Å²) in [6, 6.07) is 1.39. The molecule has 2 aromatic rings. The Kier molecular flexibility index (Phi) is 3.26. The van der Waals surface area contributed by atoms with Crippen LogP contribution < -0.4 is 16.2 Å². The molecule has 1 aliphatic heterocycles. The quantitative estimate of drug-likeness (QED) is 0.708. The summed E-state index contributed by atoms with van der Waals surface area (Å²) in [6.45, 7) is 1.90. The molecule has 8 heteroatoms. The molecule has 0 bridgehead atoms. The number of aromatic amines is 1. The fraction of sp³-hybridized carbons (Fsp3) is 0.467. The zero-order valence-corrected chi connectivity index (χ0v) is 12.6. The van der Waals surface area contributed by atoms with Crippen molar-refractivity contribution in [3.63, 3.8) is 0 Å². The Morgan fingerprint density at radius 3 is 3.04 bits per heavy atom. The normalized spacial score (nSPS) is 18.3. The third-order valence-corrected chi connectivity index (χ3v) is 4.65. The maximum atomic E-state index is 12.6. The molecule has 1 aliphatic carbocycles. The predicted molar refractivity (Wildman–Crippen MR) is 82.0 cm³/mol. The fourth-order valence-corrected chi connectivity index (χ4v) is 3.11. The monoisotopic (exact) mass is 314 g/mol. The van der Waals surface area contributed by atoms with Gasteiger partial charge in [-0.15, -0.1) is 0 Å². The first-order valence-electron chi connectivity index (χ1n) is 7.77. The van der Waals surface area contributed by atoms with Crippen LogP contribution in [0.4, 0.5) is 0 Å². The average molecular weight is 314 g/mol. The number of fused-ring (bicyclic) bond motifs is 1. The number of hydrogen-bond acceptors (Lipinski definition) is 5. The number of hydrogen-bond donors (Lipinski definition) is 3. The molecule has 0 radical (unpaired) electrons. The van der Waals surface area contributed by atoms with Crippen LogP contribution in [0.15, 0.2) is 23.5 Å². The van der Waals surface area contributed by atoms with E-state index in [1.54, 1.807) is 6.33 Å². The summed E-state index contributed by atoms with van der Waals surface area (Å²) in [6.07, 6.45) is 5.84. The van der Waals surface area contributed by atoms with Crippen molar-refractivity contribution in [2.45, 2.75) is 31.3 Å². The Morgan fingerprint density at radius 1 is 1.43 bits per heavy atom. The van der Waals surface area contributed by atoms with E-state index in [4.69, 9.17) is 0 Å². The van der Waals surface area contributed by atoms with E-state index in [1.165, 1.54) is 12.4 Å². The summed E-state index contributed by atoms with van der Waals surface area (Å²) >= 11 is 0. The number of rotatable bonds is 4. The number of H-pyrrole nitrogens is 1. The van der Waals surface area contributed by atoms with Crippen LogP contribution in [0.25, 0.3) is 0 Å². The minimum atomic E-state index is -0.229. The highest BCUT2D eigenvalue weighted by Crippen LogP contribution is 2.42. The van der Waals surface area contributed by atoms with Crippen LogP contribution >= 0.6 is 0 Å². The lowest BCUT2D eigenvalue weighted by Crippen LogP contribution is -2.38. The Balaban J connectivity index is 1.54. The zero-order chi connectivity index (χ0) is 15.9. The maximum absolute atomic E-state index is 12.6. The predicted octanol–water partition coefficient (Wildman–Crippen LogP) is -0.469. The van der Waals surface area contributed by atoms with Crippen molar-refractivity contribution in [3.05, 3.63) is 45.9 Å². The first kappa shape index (κ1) is 14.1. The van der Waals surface area contributed by atoms with Crippen molar-refractivity contribution in [1.82, 2.24) is 30.4 Å². The summed E-state index contributed by atoms with van der Waals surface area (Å²) in [4.78, 5) is 31.2. The Bertz CT molecular complexity index is 791. The van der Waals surface area contributed by atoms with Crippen molar-refractivity contribution in [1.29, 1.82) is 0 Å². The standard InChI is InChI=1S/C15H18N6O2/c22-13-5-10(11-6-16-4-1-12(11)20-13)14(23)18-7-15(2-3-15)21-9-17-8-19-21/h5,8-9,16H,1-4,6-7H2,(H,18,23)(H,20,22). The van der Waals surface area contributed by atoms with E-state index in [0.717, 1.165) is 37.1 Å². The lowest BCUT2D eigenvalue weighted by molar-refractivity contribution is 0.0942. The molecule has 120 valence electrons. The van der Waals surface area contributed by atoms with Crippen LogP contribution in [0.1, 0.15) is 34.5 Å². The number of aromatic nitrogens is 4. The largest absolute Gasteiger partial charge is 0.350 e. The molecule has 0 atom stereocenters. The molecular formula is C15H18N6O2. The van der Waals surface area contributed by atoms with Crippen LogP contribution in [-0.2, 0) is 18.5 Å². The summed E-state index contributed by atoms with van der Waals surface area (Å²) < 4.78 is 1.81. The molecule has 0 saturated heterocycles. The lowest BCUT2D eigenvalue weighted by Gasteiger charge is -2.20. The molecule has 0 aromatic carbocycles. The van der Waals surface area contributed by atoms with Crippen molar-refractivity contribution >= 4 is 5.91 Å². The van der Waals surface area contributed by atoms with Gasteiger partial charge in [-0.05, 0) is 18.4 Å². The van der Waals surface area contributed by atoms with Crippen molar-refractivity contribution in [3.8, 4) is 0 Å². The molecule has 2 aromatic heterocycles. The Labute approximate surface area is 132 Å². The van der Waals surface area contributed by atoms with Crippen LogP contribution in [0.2, 0.25) is 0 Å². The van der Waals surface area contributed by atoms with Gasteiger partial charge in [0.15, 0.2) is 0 Å². The van der Waals surface area contributed by atoms with E-state index >= 15 is 0 Å². The highest BCUT2D eigenvalue weighted by molar-refractivity contribution is 5.95. The van der Waals surface area contributed by atoms with E-state index in [9.17, 15) is 9.59 Å². The van der Waals surface area contributed by atoms with Crippen LogP contribution in [0.3, 0.4) is 0 Å². The van der Waals surface area contributed by atoms with Crippen LogP contribution in [-0.4, -0.2) is 38.7 Å². The van der Waals surface area contributed by atoms with Crippen LogP contribution in [0, 0.1) is 0 Å². The minimum absolute atomic E-state index is 0.161. The van der Waals surface area contributed by atoms with Gasteiger partial charge in [0.05, 0.1) is 11.1 Å². The van der Waals surface area contributed by atoms with Gasteiger partial charge in [0.1, 0.15) is 12.7 Å². The van der Waals surface area contributed by atoms with Gasteiger partial charge in [-0.25, -0.2) is 9.67 Å². The molecule has 23 heavy (non-hydrogen) atoms. The first-order valence-corrected chi connectivity index (χ1v) is 7.77.